The fourth-order valence-corrected chi connectivity index (χ4v) is 5.27. The summed E-state index contributed by atoms with van der Waals surface area (Å²) in [4.78, 5) is 36.2. The predicted molar refractivity (Wildman–Crippen MR) is 120 cm³/mol. The highest BCUT2D eigenvalue weighted by Gasteiger charge is 2.42. The fourth-order valence-electron chi connectivity index (χ4n) is 4.25. The van der Waals surface area contributed by atoms with Gasteiger partial charge in [-0.3, -0.25) is 19.4 Å². The monoisotopic (exact) mass is 436 g/mol. The zero-order valence-electron chi connectivity index (χ0n) is 17.4. The van der Waals surface area contributed by atoms with E-state index in [1.165, 1.54) is 9.60 Å². The van der Waals surface area contributed by atoms with Crippen LogP contribution in [0.3, 0.4) is 0 Å². The number of thiazole rings is 1. The van der Waals surface area contributed by atoms with Gasteiger partial charge in [-0.05, 0) is 29.8 Å². The van der Waals surface area contributed by atoms with Gasteiger partial charge >= 0.3 is 0 Å². The molecular formula is C23H24N4O3S. The molecule has 2 aliphatic heterocycles. The van der Waals surface area contributed by atoms with Crippen LogP contribution in [0.25, 0.3) is 10.2 Å². The number of piperazine rings is 1. The molecule has 3 heterocycles. The molecule has 0 bridgehead atoms. The number of anilines is 1. The van der Waals surface area contributed by atoms with Gasteiger partial charge in [0.1, 0.15) is 5.75 Å². The third-order valence-corrected chi connectivity index (χ3v) is 7.13. The van der Waals surface area contributed by atoms with E-state index >= 15 is 0 Å². The molecule has 1 aromatic heterocycles. The third kappa shape index (κ3) is 3.88. The number of para-hydroxylation sites is 1. The van der Waals surface area contributed by atoms with Gasteiger partial charge in [-0.1, -0.05) is 35.6 Å². The van der Waals surface area contributed by atoms with Crippen LogP contribution in [0, 0.1) is 0 Å². The number of likely N-dealkylation sites (tertiary alicyclic amines) is 1. The summed E-state index contributed by atoms with van der Waals surface area (Å²) in [6.45, 7) is 3.41. The van der Waals surface area contributed by atoms with Gasteiger partial charge in [-0.2, -0.15) is 0 Å². The molecule has 31 heavy (non-hydrogen) atoms. The number of aromatic nitrogens is 1. The molecule has 0 spiro atoms. The normalized spacial score (nSPS) is 20.1. The summed E-state index contributed by atoms with van der Waals surface area (Å²) in [5.74, 6) is 0.570. The number of benzene rings is 2. The van der Waals surface area contributed by atoms with Crippen LogP contribution >= 0.6 is 11.3 Å². The van der Waals surface area contributed by atoms with E-state index in [0.29, 0.717) is 6.54 Å². The number of ether oxygens (including phenoxy) is 1. The Labute approximate surface area is 184 Å². The summed E-state index contributed by atoms with van der Waals surface area (Å²) < 4.78 is 6.36. The van der Waals surface area contributed by atoms with E-state index in [1.54, 1.807) is 18.4 Å². The van der Waals surface area contributed by atoms with Crippen molar-refractivity contribution in [1.82, 2.24) is 14.8 Å². The van der Waals surface area contributed by atoms with Crippen molar-refractivity contribution in [3.8, 4) is 5.75 Å². The van der Waals surface area contributed by atoms with E-state index in [-0.39, 0.29) is 24.3 Å². The molecule has 2 fully saturated rings. The largest absolute Gasteiger partial charge is 0.497 e. The lowest BCUT2D eigenvalue weighted by Gasteiger charge is -2.36. The highest BCUT2D eigenvalue weighted by molar-refractivity contribution is 7.22. The Kier molecular flexibility index (Phi) is 5.33. The second kappa shape index (κ2) is 8.28. The Morgan fingerprint density at radius 1 is 1.03 bits per heavy atom. The third-order valence-electron chi connectivity index (χ3n) is 6.03. The molecule has 0 aliphatic carbocycles. The molecule has 2 aromatic carbocycles. The Morgan fingerprint density at radius 3 is 2.48 bits per heavy atom. The first-order chi connectivity index (χ1) is 15.1. The van der Waals surface area contributed by atoms with Crippen LogP contribution in [0.5, 0.6) is 5.75 Å². The quantitative estimate of drug-likeness (QED) is 0.573. The van der Waals surface area contributed by atoms with Gasteiger partial charge in [0.15, 0.2) is 5.13 Å². The summed E-state index contributed by atoms with van der Waals surface area (Å²) in [5.41, 5.74) is 1.94. The van der Waals surface area contributed by atoms with Crippen LogP contribution in [0.1, 0.15) is 12.0 Å². The number of carbonyl (C=O) groups excluding carboxylic acids is 2. The number of nitrogens with zero attached hydrogens (tertiary/aromatic N) is 4. The average molecular weight is 437 g/mol. The first-order valence-electron chi connectivity index (χ1n) is 10.4. The summed E-state index contributed by atoms with van der Waals surface area (Å²) >= 11 is 1.70. The lowest BCUT2D eigenvalue weighted by Crippen LogP contribution is -2.52. The van der Waals surface area contributed by atoms with E-state index in [2.05, 4.69) is 15.9 Å². The van der Waals surface area contributed by atoms with Gasteiger partial charge in [0.05, 0.1) is 36.3 Å². The molecular weight excluding hydrogens is 412 g/mol. The average Bonchev–Trinajstić information content (AvgIpc) is 3.36. The van der Waals surface area contributed by atoms with Crippen LogP contribution < -0.4 is 9.64 Å². The van der Waals surface area contributed by atoms with Gasteiger partial charge in [0, 0.05) is 26.2 Å². The van der Waals surface area contributed by atoms with Crippen molar-refractivity contribution < 1.29 is 14.3 Å². The molecule has 7 nitrogen and oxygen atoms in total. The summed E-state index contributed by atoms with van der Waals surface area (Å²) in [7, 11) is 1.61. The summed E-state index contributed by atoms with van der Waals surface area (Å²) in [5, 5.41) is 1.02. The van der Waals surface area contributed by atoms with Crippen LogP contribution in [0.4, 0.5) is 5.13 Å². The first-order valence-corrected chi connectivity index (χ1v) is 11.3. The summed E-state index contributed by atoms with van der Waals surface area (Å²) in [6, 6.07) is 15.3. The smallest absolute Gasteiger partial charge is 0.247 e. The minimum absolute atomic E-state index is 0.0887. The van der Waals surface area contributed by atoms with Crippen molar-refractivity contribution in [3.63, 3.8) is 0 Å². The van der Waals surface area contributed by atoms with Crippen molar-refractivity contribution in [1.29, 1.82) is 0 Å². The molecule has 2 amide bonds. The SMILES string of the molecule is COc1ccc(CN2C(=O)C[C@H](N3CCN(c4nc5ccccc5s4)CC3)C2=O)cc1. The highest BCUT2D eigenvalue weighted by Crippen LogP contribution is 2.30. The van der Waals surface area contributed by atoms with Crippen molar-refractivity contribution in [2.75, 3.05) is 38.2 Å². The number of carbonyl (C=O) groups is 2. The van der Waals surface area contributed by atoms with Crippen molar-refractivity contribution in [2.45, 2.75) is 19.0 Å². The fraction of sp³-hybridized carbons (Fsp3) is 0.348. The number of fused-ring (bicyclic) bond motifs is 1. The number of hydrogen-bond acceptors (Lipinski definition) is 7. The minimum atomic E-state index is -0.358. The Hall–Kier alpha value is -2.97. The molecule has 0 saturated carbocycles. The van der Waals surface area contributed by atoms with Crippen molar-refractivity contribution >= 4 is 38.5 Å². The molecule has 0 unspecified atom stereocenters. The van der Waals surface area contributed by atoms with Crippen LogP contribution in [0.15, 0.2) is 48.5 Å². The van der Waals surface area contributed by atoms with E-state index in [9.17, 15) is 9.59 Å². The zero-order valence-corrected chi connectivity index (χ0v) is 18.2. The van der Waals surface area contributed by atoms with Gasteiger partial charge in [0.25, 0.3) is 0 Å². The number of rotatable bonds is 5. The van der Waals surface area contributed by atoms with Crippen LogP contribution in [0.2, 0.25) is 0 Å². The van der Waals surface area contributed by atoms with Gasteiger partial charge in [-0.15, -0.1) is 0 Å². The highest BCUT2D eigenvalue weighted by atomic mass is 32.1. The molecule has 1 atom stereocenters. The number of hydrogen-bond donors (Lipinski definition) is 0. The van der Waals surface area contributed by atoms with E-state index in [4.69, 9.17) is 9.72 Å². The van der Waals surface area contributed by atoms with E-state index in [1.807, 2.05) is 42.5 Å². The topological polar surface area (TPSA) is 66.0 Å². The maximum absolute atomic E-state index is 13.0. The van der Waals surface area contributed by atoms with Crippen LogP contribution in [-0.2, 0) is 16.1 Å². The molecule has 3 aromatic rings. The maximum atomic E-state index is 13.0. The van der Waals surface area contributed by atoms with E-state index < -0.39 is 0 Å². The molecule has 0 radical (unpaired) electrons. The lowest BCUT2D eigenvalue weighted by molar-refractivity contribution is -0.140. The maximum Gasteiger partial charge on any atom is 0.247 e. The van der Waals surface area contributed by atoms with Crippen molar-refractivity contribution in [2.24, 2.45) is 0 Å². The Bertz CT molecular complexity index is 1070. The number of amides is 2. The lowest BCUT2D eigenvalue weighted by atomic mass is 10.2. The first kappa shape index (κ1) is 20.0. The molecule has 0 N–H and O–H groups in total. The van der Waals surface area contributed by atoms with Gasteiger partial charge < -0.3 is 9.64 Å². The molecule has 8 heteroatoms. The van der Waals surface area contributed by atoms with Gasteiger partial charge in [-0.25, -0.2) is 4.98 Å². The molecule has 160 valence electrons. The summed E-state index contributed by atoms with van der Waals surface area (Å²) in [6.07, 6.45) is 0.260. The minimum Gasteiger partial charge on any atom is -0.497 e. The number of imide groups is 1. The van der Waals surface area contributed by atoms with Gasteiger partial charge in [0.2, 0.25) is 11.8 Å². The second-order valence-electron chi connectivity index (χ2n) is 7.87. The second-order valence-corrected chi connectivity index (χ2v) is 8.88. The van der Waals surface area contributed by atoms with Crippen LogP contribution in [-0.4, -0.2) is 65.9 Å². The molecule has 2 aliphatic rings. The zero-order chi connectivity index (χ0) is 21.4. The number of methoxy groups -OCH3 is 1. The Morgan fingerprint density at radius 2 is 1.77 bits per heavy atom. The standard InChI is InChI=1S/C23H24N4O3S/c1-30-17-8-6-16(7-9-17)15-27-21(28)14-19(22(27)29)25-10-12-26(13-11-25)23-24-18-4-2-3-5-20(18)31-23/h2-9,19H,10-15H2,1H3/t19-/m0/s1. The predicted octanol–water partition coefficient (Wildman–Crippen LogP) is 2.75. The van der Waals surface area contributed by atoms with E-state index in [0.717, 1.165) is 48.1 Å². The Balaban J connectivity index is 1.22. The van der Waals surface area contributed by atoms with Crippen molar-refractivity contribution in [3.05, 3.63) is 54.1 Å². The molecule has 2 saturated heterocycles. The molecule has 5 rings (SSSR count).